The third kappa shape index (κ3) is 2.81. The number of benzene rings is 1. The molecular weight excluding hydrogens is 279 g/mol. The maximum atomic E-state index is 13.7. The SMILES string of the molecule is COC(C)(C)Cn1c(C(C)Cl)nc2cc(F)c(C)cc21. The number of rotatable bonds is 4. The lowest BCUT2D eigenvalue weighted by molar-refractivity contribution is 0.00842. The van der Waals surface area contributed by atoms with E-state index in [-0.39, 0.29) is 16.8 Å². The molecule has 2 rings (SSSR count). The van der Waals surface area contributed by atoms with Crippen molar-refractivity contribution in [1.29, 1.82) is 0 Å². The maximum absolute atomic E-state index is 13.7. The number of alkyl halides is 1. The number of imidazole rings is 1. The van der Waals surface area contributed by atoms with Gasteiger partial charge in [-0.25, -0.2) is 9.37 Å². The van der Waals surface area contributed by atoms with E-state index >= 15 is 0 Å². The van der Waals surface area contributed by atoms with Gasteiger partial charge >= 0.3 is 0 Å². The van der Waals surface area contributed by atoms with Crippen LogP contribution in [0.15, 0.2) is 12.1 Å². The lowest BCUT2D eigenvalue weighted by Gasteiger charge is -2.25. The van der Waals surface area contributed by atoms with Gasteiger partial charge in [-0.15, -0.1) is 11.6 Å². The molecule has 0 radical (unpaired) electrons. The summed E-state index contributed by atoms with van der Waals surface area (Å²) in [5.41, 5.74) is 1.76. The molecular formula is C15H20ClFN2O. The van der Waals surface area contributed by atoms with Crippen molar-refractivity contribution in [3.63, 3.8) is 0 Å². The van der Waals surface area contributed by atoms with Gasteiger partial charge in [0.1, 0.15) is 11.6 Å². The van der Waals surface area contributed by atoms with E-state index in [2.05, 4.69) is 4.98 Å². The number of aryl methyl sites for hydroxylation is 1. The van der Waals surface area contributed by atoms with Crippen LogP contribution in [0.2, 0.25) is 0 Å². The summed E-state index contributed by atoms with van der Waals surface area (Å²) < 4.78 is 21.2. The standard InChI is InChI=1S/C15H20ClFN2O/c1-9-6-13-12(7-11(9)17)18-14(10(2)16)19(13)8-15(3,4)20-5/h6-7,10H,8H2,1-5H3. The first-order valence-corrected chi connectivity index (χ1v) is 7.04. The van der Waals surface area contributed by atoms with E-state index in [0.717, 1.165) is 11.3 Å². The molecule has 1 aromatic carbocycles. The van der Waals surface area contributed by atoms with E-state index in [1.54, 1.807) is 14.0 Å². The molecule has 0 N–H and O–H groups in total. The van der Waals surface area contributed by atoms with Crippen molar-refractivity contribution in [3.8, 4) is 0 Å². The molecule has 0 saturated heterocycles. The minimum atomic E-state index is -0.351. The quantitative estimate of drug-likeness (QED) is 0.791. The third-order valence-corrected chi connectivity index (χ3v) is 3.70. The smallest absolute Gasteiger partial charge is 0.128 e. The third-order valence-electron chi connectivity index (χ3n) is 3.51. The molecule has 0 fully saturated rings. The van der Waals surface area contributed by atoms with E-state index in [9.17, 15) is 4.39 Å². The zero-order valence-electron chi connectivity index (χ0n) is 12.5. The molecule has 1 unspecified atom stereocenters. The highest BCUT2D eigenvalue weighted by molar-refractivity contribution is 6.20. The van der Waals surface area contributed by atoms with Crippen LogP contribution in [-0.4, -0.2) is 22.3 Å². The Morgan fingerprint density at radius 2 is 2.10 bits per heavy atom. The van der Waals surface area contributed by atoms with Gasteiger partial charge in [0.25, 0.3) is 0 Å². The lowest BCUT2D eigenvalue weighted by Crippen LogP contribution is -2.30. The van der Waals surface area contributed by atoms with Crippen LogP contribution in [-0.2, 0) is 11.3 Å². The van der Waals surface area contributed by atoms with Crippen LogP contribution in [0.1, 0.15) is 37.5 Å². The Morgan fingerprint density at radius 1 is 1.45 bits per heavy atom. The minimum Gasteiger partial charge on any atom is -0.377 e. The van der Waals surface area contributed by atoms with E-state index in [1.165, 1.54) is 6.07 Å². The molecule has 0 amide bonds. The number of hydrogen-bond acceptors (Lipinski definition) is 2. The number of methoxy groups -OCH3 is 1. The fraction of sp³-hybridized carbons (Fsp3) is 0.533. The van der Waals surface area contributed by atoms with Gasteiger partial charge in [-0.05, 0) is 39.3 Å². The Bertz CT molecular complexity index is 634. The van der Waals surface area contributed by atoms with Crippen LogP contribution in [0.3, 0.4) is 0 Å². The van der Waals surface area contributed by atoms with E-state index in [0.29, 0.717) is 17.6 Å². The molecule has 5 heteroatoms. The summed E-state index contributed by atoms with van der Waals surface area (Å²) in [4.78, 5) is 4.47. The second kappa shape index (κ2) is 5.34. The Morgan fingerprint density at radius 3 is 2.65 bits per heavy atom. The predicted octanol–water partition coefficient (Wildman–Crippen LogP) is 4.21. The molecule has 0 saturated carbocycles. The summed E-state index contributed by atoms with van der Waals surface area (Å²) in [6.45, 7) is 8.22. The van der Waals surface area contributed by atoms with Crippen LogP contribution in [0.4, 0.5) is 4.39 Å². The minimum absolute atomic E-state index is 0.248. The normalized spacial score (nSPS) is 13.9. The van der Waals surface area contributed by atoms with Crippen molar-refractivity contribution in [2.75, 3.05) is 7.11 Å². The molecule has 20 heavy (non-hydrogen) atoms. The first-order chi connectivity index (χ1) is 9.25. The zero-order chi connectivity index (χ0) is 15.1. The monoisotopic (exact) mass is 298 g/mol. The van der Waals surface area contributed by atoms with Crippen molar-refractivity contribution in [2.45, 2.75) is 45.2 Å². The number of ether oxygens (including phenoxy) is 1. The molecule has 1 heterocycles. The molecule has 110 valence electrons. The number of fused-ring (bicyclic) bond motifs is 1. The fourth-order valence-electron chi connectivity index (χ4n) is 2.18. The first-order valence-electron chi connectivity index (χ1n) is 6.60. The number of nitrogens with zero attached hydrogens (tertiary/aromatic N) is 2. The molecule has 2 aromatic rings. The second-order valence-electron chi connectivity index (χ2n) is 5.73. The summed E-state index contributed by atoms with van der Waals surface area (Å²) in [5.74, 6) is 0.485. The summed E-state index contributed by atoms with van der Waals surface area (Å²) >= 11 is 6.21. The molecule has 3 nitrogen and oxygen atoms in total. The highest BCUT2D eigenvalue weighted by Crippen LogP contribution is 2.28. The van der Waals surface area contributed by atoms with Crippen molar-refractivity contribution >= 4 is 22.6 Å². The molecule has 0 aliphatic carbocycles. The van der Waals surface area contributed by atoms with Gasteiger partial charge in [-0.2, -0.15) is 0 Å². The predicted molar refractivity (Wildman–Crippen MR) is 79.8 cm³/mol. The molecule has 0 bridgehead atoms. The number of hydrogen-bond donors (Lipinski definition) is 0. The van der Waals surface area contributed by atoms with E-state index < -0.39 is 0 Å². The van der Waals surface area contributed by atoms with Crippen molar-refractivity contribution in [3.05, 3.63) is 29.3 Å². The maximum Gasteiger partial charge on any atom is 0.128 e. The molecule has 1 aromatic heterocycles. The molecule has 0 aliphatic rings. The Hall–Kier alpha value is -1.13. The fourth-order valence-corrected chi connectivity index (χ4v) is 2.35. The highest BCUT2D eigenvalue weighted by Gasteiger charge is 2.23. The zero-order valence-corrected chi connectivity index (χ0v) is 13.3. The van der Waals surface area contributed by atoms with Crippen LogP contribution >= 0.6 is 11.6 Å². The van der Waals surface area contributed by atoms with Gasteiger partial charge < -0.3 is 9.30 Å². The largest absolute Gasteiger partial charge is 0.377 e. The van der Waals surface area contributed by atoms with Crippen LogP contribution in [0, 0.1) is 12.7 Å². The molecule has 0 aliphatic heterocycles. The lowest BCUT2D eigenvalue weighted by atomic mass is 10.1. The number of halogens is 2. The Labute approximate surface area is 123 Å². The summed E-state index contributed by atoms with van der Waals surface area (Å²) in [5, 5.41) is -0.251. The number of aromatic nitrogens is 2. The first kappa shape index (κ1) is 15.3. The topological polar surface area (TPSA) is 27.1 Å². The highest BCUT2D eigenvalue weighted by atomic mass is 35.5. The molecule has 0 spiro atoms. The Balaban J connectivity index is 2.65. The van der Waals surface area contributed by atoms with Gasteiger partial charge in [-0.3, -0.25) is 0 Å². The second-order valence-corrected chi connectivity index (χ2v) is 6.38. The van der Waals surface area contributed by atoms with Gasteiger partial charge in [0.15, 0.2) is 0 Å². The summed E-state index contributed by atoms with van der Waals surface area (Å²) in [7, 11) is 1.67. The van der Waals surface area contributed by atoms with Crippen LogP contribution < -0.4 is 0 Å². The van der Waals surface area contributed by atoms with E-state index in [4.69, 9.17) is 16.3 Å². The summed E-state index contributed by atoms with van der Waals surface area (Å²) in [6.07, 6.45) is 0. The van der Waals surface area contributed by atoms with Gasteiger partial charge in [0.05, 0.1) is 28.6 Å². The summed E-state index contributed by atoms with van der Waals surface area (Å²) in [6, 6.07) is 3.27. The van der Waals surface area contributed by atoms with Gasteiger partial charge in [0.2, 0.25) is 0 Å². The van der Waals surface area contributed by atoms with Crippen molar-refractivity contribution in [2.24, 2.45) is 0 Å². The average Bonchev–Trinajstić information content (AvgIpc) is 2.68. The molecule has 1 atom stereocenters. The van der Waals surface area contributed by atoms with Crippen molar-refractivity contribution < 1.29 is 9.13 Å². The van der Waals surface area contributed by atoms with Gasteiger partial charge in [0, 0.05) is 13.2 Å². The van der Waals surface area contributed by atoms with Crippen molar-refractivity contribution in [1.82, 2.24) is 9.55 Å². The van der Waals surface area contributed by atoms with Crippen LogP contribution in [0.5, 0.6) is 0 Å². The van der Waals surface area contributed by atoms with Crippen LogP contribution in [0.25, 0.3) is 11.0 Å². The van der Waals surface area contributed by atoms with Gasteiger partial charge in [-0.1, -0.05) is 0 Å². The van der Waals surface area contributed by atoms with E-state index in [1.807, 2.05) is 31.4 Å². The average molecular weight is 299 g/mol. The Kier molecular flexibility index (Phi) is 4.07.